The van der Waals surface area contributed by atoms with E-state index in [4.69, 9.17) is 0 Å². The van der Waals surface area contributed by atoms with E-state index < -0.39 is 0 Å². The summed E-state index contributed by atoms with van der Waals surface area (Å²) < 4.78 is 13.9. The maximum Gasteiger partial charge on any atom is 0.135 e. The first-order valence-electron chi connectivity index (χ1n) is 5.18. The zero-order valence-electron chi connectivity index (χ0n) is 9.06. The average molecular weight is 275 g/mol. The second-order valence-corrected chi connectivity index (χ2v) is 5.00. The molecule has 0 fully saturated rings. The maximum absolute atomic E-state index is 13.4. The summed E-state index contributed by atoms with van der Waals surface area (Å²) in [7, 11) is 0. The first kappa shape index (κ1) is 12.5. The molecular formula is C12H16BrFO. The molecule has 1 N–H and O–H groups in total. The van der Waals surface area contributed by atoms with E-state index in [1.165, 1.54) is 12.1 Å². The maximum atomic E-state index is 13.4. The Morgan fingerprint density at radius 2 is 2.07 bits per heavy atom. The smallest absolute Gasteiger partial charge is 0.135 e. The van der Waals surface area contributed by atoms with Crippen molar-refractivity contribution < 1.29 is 9.50 Å². The molecule has 0 spiro atoms. The van der Waals surface area contributed by atoms with Crippen molar-refractivity contribution in [2.45, 2.75) is 33.1 Å². The van der Waals surface area contributed by atoms with E-state index in [1.54, 1.807) is 0 Å². The van der Waals surface area contributed by atoms with Gasteiger partial charge in [0.15, 0.2) is 0 Å². The van der Waals surface area contributed by atoms with Crippen molar-refractivity contribution in [2.24, 2.45) is 5.92 Å². The molecule has 0 saturated carbocycles. The van der Waals surface area contributed by atoms with E-state index in [-0.39, 0.29) is 11.6 Å². The van der Waals surface area contributed by atoms with Crippen LogP contribution in [0.3, 0.4) is 0 Å². The van der Waals surface area contributed by atoms with Crippen molar-refractivity contribution >= 4 is 15.9 Å². The molecule has 0 atom stereocenters. The summed E-state index contributed by atoms with van der Waals surface area (Å²) in [5, 5.41) is 9.66. The van der Waals surface area contributed by atoms with Crippen LogP contribution in [-0.4, -0.2) is 5.11 Å². The molecule has 0 heterocycles. The van der Waals surface area contributed by atoms with Gasteiger partial charge in [0.1, 0.15) is 11.6 Å². The molecule has 1 rings (SSSR count). The number of aromatic hydroxyl groups is 1. The van der Waals surface area contributed by atoms with Crippen LogP contribution in [0.25, 0.3) is 0 Å². The van der Waals surface area contributed by atoms with Gasteiger partial charge in [-0.25, -0.2) is 4.39 Å². The summed E-state index contributed by atoms with van der Waals surface area (Å²) in [5.41, 5.74) is 0.421. The molecule has 1 aromatic rings. The van der Waals surface area contributed by atoms with Crippen LogP contribution >= 0.6 is 15.9 Å². The summed E-state index contributed by atoms with van der Waals surface area (Å²) in [4.78, 5) is 0. The van der Waals surface area contributed by atoms with Crippen molar-refractivity contribution in [2.75, 3.05) is 0 Å². The molecule has 0 aliphatic carbocycles. The highest BCUT2D eigenvalue weighted by Gasteiger charge is 2.11. The molecule has 0 aliphatic heterocycles. The zero-order chi connectivity index (χ0) is 11.4. The Kier molecular flexibility index (Phi) is 4.58. The first-order valence-corrected chi connectivity index (χ1v) is 5.97. The standard InChI is InChI=1S/C12H16BrFO/c1-8(2)4-3-5-9-11(14)7-6-10(13)12(9)15/h6-8,15H,3-5H2,1-2H3. The lowest BCUT2D eigenvalue weighted by Gasteiger charge is -2.08. The summed E-state index contributed by atoms with van der Waals surface area (Å²) in [6, 6.07) is 2.91. The molecule has 0 aromatic heterocycles. The highest BCUT2D eigenvalue weighted by atomic mass is 79.9. The van der Waals surface area contributed by atoms with Crippen molar-refractivity contribution in [1.29, 1.82) is 0 Å². The minimum absolute atomic E-state index is 0.0405. The lowest BCUT2D eigenvalue weighted by atomic mass is 10.0. The summed E-state index contributed by atoms with van der Waals surface area (Å²) in [5.74, 6) is 0.334. The number of rotatable bonds is 4. The van der Waals surface area contributed by atoms with Gasteiger partial charge in [0, 0.05) is 5.56 Å². The molecule has 0 unspecified atom stereocenters. The first-order chi connectivity index (χ1) is 7.02. The van der Waals surface area contributed by atoms with Crippen LogP contribution in [0.1, 0.15) is 32.3 Å². The third-order valence-electron chi connectivity index (χ3n) is 2.38. The van der Waals surface area contributed by atoms with Gasteiger partial charge in [0.2, 0.25) is 0 Å². The van der Waals surface area contributed by atoms with Crippen molar-refractivity contribution in [3.05, 3.63) is 28.0 Å². The number of phenols is 1. The number of halogens is 2. The minimum Gasteiger partial charge on any atom is -0.506 e. The highest BCUT2D eigenvalue weighted by molar-refractivity contribution is 9.10. The van der Waals surface area contributed by atoms with Gasteiger partial charge >= 0.3 is 0 Å². The van der Waals surface area contributed by atoms with Crippen molar-refractivity contribution in [3.8, 4) is 5.75 Å². The second-order valence-electron chi connectivity index (χ2n) is 4.14. The third kappa shape index (κ3) is 3.49. The molecule has 15 heavy (non-hydrogen) atoms. The molecule has 0 bridgehead atoms. The van der Waals surface area contributed by atoms with Gasteiger partial charge in [-0.2, -0.15) is 0 Å². The van der Waals surface area contributed by atoms with E-state index in [1.807, 2.05) is 0 Å². The lowest BCUT2D eigenvalue weighted by Crippen LogP contribution is -1.95. The predicted octanol–water partition coefficient (Wildman–Crippen LogP) is 4.27. The molecule has 0 aliphatic rings. The van der Waals surface area contributed by atoms with Crippen LogP contribution in [0.5, 0.6) is 5.75 Å². The van der Waals surface area contributed by atoms with E-state index in [2.05, 4.69) is 29.8 Å². The van der Waals surface area contributed by atoms with Gasteiger partial charge in [-0.15, -0.1) is 0 Å². The van der Waals surface area contributed by atoms with Crippen LogP contribution in [-0.2, 0) is 6.42 Å². The fraction of sp³-hybridized carbons (Fsp3) is 0.500. The quantitative estimate of drug-likeness (QED) is 0.869. The summed E-state index contributed by atoms with van der Waals surface area (Å²) in [6.45, 7) is 4.27. The Hall–Kier alpha value is -0.570. The minimum atomic E-state index is -0.320. The number of hydrogen-bond donors (Lipinski definition) is 1. The summed E-state index contributed by atoms with van der Waals surface area (Å²) >= 11 is 3.18. The molecule has 0 amide bonds. The Bertz CT molecular complexity index is 337. The lowest BCUT2D eigenvalue weighted by molar-refractivity contribution is 0.450. The number of phenolic OH excluding ortho intramolecular Hbond substituents is 1. The molecule has 0 saturated heterocycles. The Labute approximate surface area is 98.4 Å². The van der Waals surface area contributed by atoms with Crippen LogP contribution in [0, 0.1) is 11.7 Å². The molecule has 1 aromatic carbocycles. The van der Waals surface area contributed by atoms with E-state index >= 15 is 0 Å². The fourth-order valence-corrected chi connectivity index (χ4v) is 1.88. The largest absolute Gasteiger partial charge is 0.506 e. The molecule has 1 nitrogen and oxygen atoms in total. The SMILES string of the molecule is CC(C)CCCc1c(F)ccc(Br)c1O. The van der Waals surface area contributed by atoms with E-state index in [0.717, 1.165) is 12.8 Å². The van der Waals surface area contributed by atoms with Crippen molar-refractivity contribution in [1.82, 2.24) is 0 Å². The van der Waals surface area contributed by atoms with Crippen molar-refractivity contribution in [3.63, 3.8) is 0 Å². The Morgan fingerprint density at radius 3 is 2.67 bits per heavy atom. The van der Waals surface area contributed by atoms with E-state index in [9.17, 15) is 9.50 Å². The van der Waals surface area contributed by atoms with Gasteiger partial charge in [0.25, 0.3) is 0 Å². The molecule has 0 radical (unpaired) electrons. The highest BCUT2D eigenvalue weighted by Crippen LogP contribution is 2.31. The Balaban J connectivity index is 2.71. The number of benzene rings is 1. The van der Waals surface area contributed by atoms with Gasteiger partial charge in [0.05, 0.1) is 4.47 Å². The summed E-state index contributed by atoms with van der Waals surface area (Å²) in [6.07, 6.45) is 2.54. The fourth-order valence-electron chi connectivity index (χ4n) is 1.51. The van der Waals surface area contributed by atoms with Crippen LogP contribution in [0.15, 0.2) is 16.6 Å². The average Bonchev–Trinajstić information content (AvgIpc) is 2.17. The molecule has 84 valence electrons. The monoisotopic (exact) mass is 274 g/mol. The molecular weight excluding hydrogens is 259 g/mol. The van der Waals surface area contributed by atoms with Crippen LogP contribution < -0.4 is 0 Å². The van der Waals surface area contributed by atoms with Gasteiger partial charge in [-0.05, 0) is 46.8 Å². The zero-order valence-corrected chi connectivity index (χ0v) is 10.6. The normalized spacial score (nSPS) is 11.0. The molecule has 3 heteroatoms. The Morgan fingerprint density at radius 1 is 1.40 bits per heavy atom. The van der Waals surface area contributed by atoms with Gasteiger partial charge in [-0.3, -0.25) is 0 Å². The van der Waals surface area contributed by atoms with Crippen LogP contribution in [0.2, 0.25) is 0 Å². The second kappa shape index (κ2) is 5.50. The predicted molar refractivity (Wildman–Crippen MR) is 63.5 cm³/mol. The van der Waals surface area contributed by atoms with Crippen LogP contribution in [0.4, 0.5) is 4.39 Å². The van der Waals surface area contributed by atoms with Gasteiger partial charge < -0.3 is 5.11 Å². The number of hydrogen-bond acceptors (Lipinski definition) is 1. The van der Waals surface area contributed by atoms with Gasteiger partial charge in [-0.1, -0.05) is 20.3 Å². The topological polar surface area (TPSA) is 20.2 Å². The van der Waals surface area contributed by atoms with E-state index in [0.29, 0.717) is 22.4 Å². The third-order valence-corrected chi connectivity index (χ3v) is 3.02.